The Morgan fingerprint density at radius 2 is 1.89 bits per heavy atom. The molecule has 0 atom stereocenters. The van der Waals surface area contributed by atoms with Crippen molar-refractivity contribution in [1.29, 1.82) is 0 Å². The fraction of sp³-hybridized carbons (Fsp3) is 0.846. The van der Waals surface area contributed by atoms with Crippen LogP contribution >= 0.6 is 0 Å². The van der Waals surface area contributed by atoms with E-state index in [1.165, 1.54) is 4.90 Å². The van der Waals surface area contributed by atoms with Gasteiger partial charge in [-0.2, -0.15) is 0 Å². The molecular weight excluding hydrogens is 237 g/mol. The number of hydrogen-bond donors (Lipinski definition) is 0. The highest BCUT2D eigenvalue weighted by atomic mass is 19.1. The van der Waals surface area contributed by atoms with Gasteiger partial charge in [0.25, 0.3) is 0 Å². The summed E-state index contributed by atoms with van der Waals surface area (Å²) in [4.78, 5) is 25.0. The molecule has 102 valence electrons. The summed E-state index contributed by atoms with van der Waals surface area (Å²) in [6.45, 7) is 4.68. The first kappa shape index (κ1) is 13.3. The van der Waals surface area contributed by atoms with E-state index >= 15 is 0 Å². The number of carbonyl (C=O) groups is 2. The largest absolute Gasteiger partial charge is 0.444 e. The van der Waals surface area contributed by atoms with Crippen LogP contribution in [0.25, 0.3) is 0 Å². The number of alkyl halides is 1. The summed E-state index contributed by atoms with van der Waals surface area (Å²) in [5.41, 5.74) is -2.29. The van der Waals surface area contributed by atoms with Gasteiger partial charge in [0.1, 0.15) is 24.1 Å². The molecule has 18 heavy (non-hydrogen) atoms. The van der Waals surface area contributed by atoms with Gasteiger partial charge >= 0.3 is 6.09 Å². The molecule has 2 aliphatic heterocycles. The van der Waals surface area contributed by atoms with Crippen LogP contribution in [0.1, 0.15) is 46.5 Å². The summed E-state index contributed by atoms with van der Waals surface area (Å²) in [5.74, 6) is 0. The Hall–Kier alpha value is -1.13. The van der Waals surface area contributed by atoms with E-state index in [0.29, 0.717) is 25.7 Å². The maximum absolute atomic E-state index is 13.4. The molecule has 5 heteroatoms. The first-order valence-corrected chi connectivity index (χ1v) is 6.34. The zero-order valence-corrected chi connectivity index (χ0v) is 11.2. The maximum Gasteiger partial charge on any atom is 0.411 e. The minimum Gasteiger partial charge on any atom is -0.444 e. The molecule has 2 aliphatic rings. The predicted octanol–water partition coefficient (Wildman–Crippen LogP) is 2.46. The predicted molar refractivity (Wildman–Crippen MR) is 64.0 cm³/mol. The van der Waals surface area contributed by atoms with Crippen LogP contribution in [-0.2, 0) is 9.53 Å². The van der Waals surface area contributed by atoms with Crippen LogP contribution in [0.3, 0.4) is 0 Å². The number of hydrogen-bond acceptors (Lipinski definition) is 3. The molecule has 0 aromatic heterocycles. The summed E-state index contributed by atoms with van der Waals surface area (Å²) in [7, 11) is 0. The number of fused-ring (bicyclic) bond motifs is 2. The monoisotopic (exact) mass is 257 g/mol. The average molecular weight is 257 g/mol. The van der Waals surface area contributed by atoms with Crippen LogP contribution in [0, 0.1) is 0 Å². The second-order valence-electron chi connectivity index (χ2n) is 6.40. The van der Waals surface area contributed by atoms with Crippen molar-refractivity contribution in [3.63, 3.8) is 0 Å². The molecular formula is C13H20FNO3. The van der Waals surface area contributed by atoms with Gasteiger partial charge in [-0.15, -0.1) is 0 Å². The molecule has 1 amide bonds. The Balaban J connectivity index is 2.29. The van der Waals surface area contributed by atoms with Crippen LogP contribution in [0.4, 0.5) is 9.18 Å². The van der Waals surface area contributed by atoms with Crippen molar-refractivity contribution in [2.24, 2.45) is 0 Å². The minimum atomic E-state index is -0.839. The fourth-order valence-electron chi connectivity index (χ4n) is 3.11. The van der Waals surface area contributed by atoms with Crippen molar-refractivity contribution in [2.75, 3.05) is 6.67 Å². The van der Waals surface area contributed by atoms with Gasteiger partial charge < -0.3 is 9.53 Å². The van der Waals surface area contributed by atoms with E-state index in [0.717, 1.165) is 6.29 Å². The first-order chi connectivity index (χ1) is 8.29. The lowest BCUT2D eigenvalue weighted by atomic mass is 9.83. The smallest absolute Gasteiger partial charge is 0.411 e. The van der Waals surface area contributed by atoms with Gasteiger partial charge in [-0.3, -0.25) is 4.90 Å². The molecule has 2 rings (SSSR count). The van der Waals surface area contributed by atoms with E-state index in [1.807, 2.05) is 0 Å². The average Bonchev–Trinajstić information content (AvgIpc) is 2.78. The summed E-state index contributed by atoms with van der Waals surface area (Å²) in [5, 5.41) is 0. The molecule has 0 saturated carbocycles. The quantitative estimate of drug-likeness (QED) is 0.714. The molecule has 0 aliphatic carbocycles. The van der Waals surface area contributed by atoms with Crippen molar-refractivity contribution in [3.05, 3.63) is 0 Å². The molecule has 0 unspecified atom stereocenters. The van der Waals surface area contributed by atoms with Crippen LogP contribution in [0.5, 0.6) is 0 Å². The van der Waals surface area contributed by atoms with Crippen molar-refractivity contribution >= 4 is 12.4 Å². The van der Waals surface area contributed by atoms with E-state index in [1.54, 1.807) is 20.8 Å². The highest BCUT2D eigenvalue weighted by molar-refractivity contribution is 5.80. The number of halogens is 1. The van der Waals surface area contributed by atoms with Crippen LogP contribution in [0.15, 0.2) is 0 Å². The summed E-state index contributed by atoms with van der Waals surface area (Å²) in [6.07, 6.45) is 2.39. The fourth-order valence-corrected chi connectivity index (χ4v) is 3.11. The van der Waals surface area contributed by atoms with Gasteiger partial charge in [0.2, 0.25) is 0 Å². The number of rotatable bonds is 2. The van der Waals surface area contributed by atoms with Crippen molar-refractivity contribution < 1.29 is 18.7 Å². The minimum absolute atomic E-state index is 0.541. The highest BCUT2D eigenvalue weighted by Gasteiger charge is 2.63. The third-order valence-corrected chi connectivity index (χ3v) is 4.01. The highest BCUT2D eigenvalue weighted by Crippen LogP contribution is 2.53. The summed E-state index contributed by atoms with van der Waals surface area (Å²) in [6, 6.07) is 0. The van der Waals surface area contributed by atoms with E-state index in [9.17, 15) is 14.0 Å². The third kappa shape index (κ3) is 1.80. The number of carbonyl (C=O) groups excluding carboxylic acids is 2. The normalized spacial score (nSPS) is 34.8. The molecule has 0 spiro atoms. The molecule has 0 aromatic rings. The second kappa shape index (κ2) is 3.93. The Morgan fingerprint density at radius 1 is 1.33 bits per heavy atom. The lowest BCUT2D eigenvalue weighted by molar-refractivity contribution is -0.117. The van der Waals surface area contributed by atoms with Crippen LogP contribution < -0.4 is 0 Å². The molecule has 2 saturated heterocycles. The second-order valence-corrected chi connectivity index (χ2v) is 6.40. The molecule has 0 radical (unpaired) electrons. The van der Waals surface area contributed by atoms with Crippen molar-refractivity contribution in [2.45, 2.75) is 63.1 Å². The molecule has 2 bridgehead atoms. The van der Waals surface area contributed by atoms with Crippen molar-refractivity contribution in [3.8, 4) is 0 Å². The topological polar surface area (TPSA) is 46.6 Å². The Bertz CT molecular complexity index is 367. The molecule has 2 fully saturated rings. The van der Waals surface area contributed by atoms with Gasteiger partial charge in [0.05, 0.1) is 5.54 Å². The summed E-state index contributed by atoms with van der Waals surface area (Å²) < 4.78 is 18.7. The Kier molecular flexibility index (Phi) is 2.91. The van der Waals surface area contributed by atoms with Crippen LogP contribution in [0.2, 0.25) is 0 Å². The molecule has 0 aromatic carbocycles. The number of amides is 1. The number of aldehydes is 1. The summed E-state index contributed by atoms with van der Waals surface area (Å²) >= 11 is 0. The Labute approximate surface area is 106 Å². The Morgan fingerprint density at radius 3 is 2.28 bits per heavy atom. The van der Waals surface area contributed by atoms with Gasteiger partial charge in [-0.1, -0.05) is 0 Å². The van der Waals surface area contributed by atoms with Gasteiger partial charge in [0.15, 0.2) is 0 Å². The van der Waals surface area contributed by atoms with E-state index in [4.69, 9.17) is 4.74 Å². The SMILES string of the molecule is CC(C)(C)OC(=O)N1C2(C=O)CCC1(CF)CC2. The van der Waals surface area contributed by atoms with Gasteiger partial charge in [0, 0.05) is 0 Å². The maximum atomic E-state index is 13.4. The number of nitrogens with zero attached hydrogens (tertiary/aromatic N) is 1. The molecule has 0 N–H and O–H groups in total. The van der Waals surface area contributed by atoms with E-state index < -0.39 is 29.4 Å². The molecule has 4 nitrogen and oxygen atoms in total. The van der Waals surface area contributed by atoms with Gasteiger partial charge in [-0.25, -0.2) is 9.18 Å². The van der Waals surface area contributed by atoms with Crippen LogP contribution in [-0.4, -0.2) is 40.6 Å². The van der Waals surface area contributed by atoms with Crippen molar-refractivity contribution in [1.82, 2.24) is 4.90 Å². The lowest BCUT2D eigenvalue weighted by Gasteiger charge is -2.36. The standard InChI is InChI=1S/C13H20FNO3/c1-11(2,3)18-10(17)15-12(8-14)4-6-13(15,9-16)7-5-12/h9H,4-8H2,1-3H3. The zero-order chi connectivity index (χ0) is 13.6. The van der Waals surface area contributed by atoms with E-state index in [-0.39, 0.29) is 0 Å². The van der Waals surface area contributed by atoms with E-state index in [2.05, 4.69) is 0 Å². The lowest BCUT2D eigenvalue weighted by Crippen LogP contribution is -2.54. The first-order valence-electron chi connectivity index (χ1n) is 6.34. The third-order valence-electron chi connectivity index (χ3n) is 4.01. The molecule has 2 heterocycles. The van der Waals surface area contributed by atoms with Gasteiger partial charge in [-0.05, 0) is 46.5 Å². The zero-order valence-electron chi connectivity index (χ0n) is 11.2. The number of ether oxygens (including phenoxy) is 1.